The molecule has 1 aliphatic heterocycles. The standard InChI is InChI=1S/C22H27NO2/c1-23-19(15-21(24)17-9-4-2-5-10-17)13-8-14-20(23)16-22(25)18-11-6-3-7-12-18/h2-7,9-12,19-21,24H,8,13-16H2,1H3/t19-,20+,21?/m0/s1/i1D3,21D. The maximum absolute atomic E-state index is 12.7. The van der Waals surface area contributed by atoms with Crippen molar-refractivity contribution in [2.24, 2.45) is 0 Å². The zero-order valence-electron chi connectivity index (χ0n) is 18.3. The third-order valence-electron chi connectivity index (χ3n) is 4.91. The molecule has 0 bridgehead atoms. The number of likely N-dealkylation sites (tertiary alicyclic amines) is 1. The summed E-state index contributed by atoms with van der Waals surface area (Å²) in [7, 11) is 0. The zero-order chi connectivity index (χ0) is 21.1. The number of aliphatic hydroxyl groups is 1. The number of carbonyl (C=O) groups is 1. The van der Waals surface area contributed by atoms with Crippen molar-refractivity contribution in [3.8, 4) is 0 Å². The summed E-state index contributed by atoms with van der Waals surface area (Å²) >= 11 is 0. The third kappa shape index (κ3) is 4.56. The number of nitrogens with zero attached hydrogens (tertiary/aromatic N) is 1. The predicted molar refractivity (Wildman–Crippen MR) is 101 cm³/mol. The van der Waals surface area contributed by atoms with Gasteiger partial charge in [-0.15, -0.1) is 0 Å². The predicted octanol–water partition coefficient (Wildman–Crippen LogP) is 4.24. The van der Waals surface area contributed by atoms with Crippen LogP contribution in [0.3, 0.4) is 0 Å². The molecule has 132 valence electrons. The van der Waals surface area contributed by atoms with Crippen molar-refractivity contribution in [1.82, 2.24) is 4.90 Å². The maximum atomic E-state index is 12.7. The van der Waals surface area contributed by atoms with Gasteiger partial charge in [-0.05, 0) is 31.8 Å². The fraction of sp³-hybridized carbons (Fsp3) is 0.409. The van der Waals surface area contributed by atoms with E-state index < -0.39 is 25.1 Å². The van der Waals surface area contributed by atoms with E-state index in [0.717, 1.165) is 6.42 Å². The van der Waals surface area contributed by atoms with E-state index in [4.69, 9.17) is 5.48 Å². The van der Waals surface area contributed by atoms with Gasteiger partial charge in [-0.1, -0.05) is 67.1 Å². The summed E-state index contributed by atoms with van der Waals surface area (Å²) in [4.78, 5) is 14.1. The highest BCUT2D eigenvalue weighted by Crippen LogP contribution is 2.30. The molecule has 0 aromatic heterocycles. The van der Waals surface area contributed by atoms with Crippen LogP contribution in [0, 0.1) is 0 Å². The van der Waals surface area contributed by atoms with Crippen LogP contribution >= 0.6 is 0 Å². The van der Waals surface area contributed by atoms with E-state index >= 15 is 0 Å². The average molecular weight is 341 g/mol. The van der Waals surface area contributed by atoms with Crippen LogP contribution in [0.4, 0.5) is 0 Å². The van der Waals surface area contributed by atoms with Gasteiger partial charge in [-0.2, -0.15) is 0 Å². The number of hydrogen-bond acceptors (Lipinski definition) is 3. The van der Waals surface area contributed by atoms with Crippen LogP contribution in [0.5, 0.6) is 0 Å². The van der Waals surface area contributed by atoms with Crippen LogP contribution in [0.1, 0.15) is 59.6 Å². The van der Waals surface area contributed by atoms with Crippen molar-refractivity contribution in [3.05, 3.63) is 71.8 Å². The molecule has 25 heavy (non-hydrogen) atoms. The van der Waals surface area contributed by atoms with Gasteiger partial charge in [0.1, 0.15) is 0 Å². The van der Waals surface area contributed by atoms with E-state index in [1.54, 1.807) is 54.6 Å². The first-order valence-electron chi connectivity index (χ1n) is 10.8. The van der Waals surface area contributed by atoms with E-state index in [9.17, 15) is 9.90 Å². The lowest BCUT2D eigenvalue weighted by atomic mass is 9.88. The highest BCUT2D eigenvalue weighted by Gasteiger charge is 2.30. The fourth-order valence-corrected chi connectivity index (χ4v) is 3.49. The van der Waals surface area contributed by atoms with Gasteiger partial charge in [0.15, 0.2) is 5.78 Å². The molecule has 0 amide bonds. The average Bonchev–Trinajstić information content (AvgIpc) is 2.68. The third-order valence-corrected chi connectivity index (χ3v) is 4.91. The first kappa shape index (κ1) is 13.3. The molecule has 0 aliphatic carbocycles. The minimum absolute atomic E-state index is 0.0224. The van der Waals surface area contributed by atoms with E-state index in [-0.39, 0.29) is 18.6 Å². The number of carbonyl (C=O) groups excluding carboxylic acids is 1. The highest BCUT2D eigenvalue weighted by molar-refractivity contribution is 5.96. The van der Waals surface area contributed by atoms with Gasteiger partial charge < -0.3 is 5.11 Å². The van der Waals surface area contributed by atoms with Crippen LogP contribution in [0.2, 0.25) is 0 Å². The Labute approximate surface area is 155 Å². The Hall–Kier alpha value is -1.97. The number of Topliss-reactive ketones (excluding diaryl/α,β-unsaturated/α-hetero) is 1. The van der Waals surface area contributed by atoms with Crippen molar-refractivity contribution < 1.29 is 15.4 Å². The van der Waals surface area contributed by atoms with E-state index in [1.165, 1.54) is 4.90 Å². The van der Waals surface area contributed by atoms with Crippen molar-refractivity contribution in [1.29, 1.82) is 0 Å². The lowest BCUT2D eigenvalue weighted by Gasteiger charge is -2.40. The summed E-state index contributed by atoms with van der Waals surface area (Å²) in [5, 5.41) is 10.8. The molecule has 0 saturated carbocycles. The number of ketones is 1. The molecular weight excluding hydrogens is 310 g/mol. The maximum Gasteiger partial charge on any atom is 0.164 e. The van der Waals surface area contributed by atoms with Crippen LogP contribution in [-0.4, -0.2) is 34.8 Å². The van der Waals surface area contributed by atoms with Crippen LogP contribution < -0.4 is 0 Å². The molecule has 1 fully saturated rings. The summed E-state index contributed by atoms with van der Waals surface area (Å²) < 4.78 is 32.6. The van der Waals surface area contributed by atoms with Crippen LogP contribution in [-0.2, 0) is 0 Å². The van der Waals surface area contributed by atoms with E-state index in [2.05, 4.69) is 0 Å². The Bertz CT molecular complexity index is 809. The van der Waals surface area contributed by atoms with Gasteiger partial charge >= 0.3 is 0 Å². The Kier molecular flexibility index (Phi) is 4.46. The van der Waals surface area contributed by atoms with Gasteiger partial charge in [0, 0.05) is 28.2 Å². The summed E-state index contributed by atoms with van der Waals surface area (Å²) in [5.41, 5.74) is 1.01. The van der Waals surface area contributed by atoms with Gasteiger partial charge in [0.2, 0.25) is 0 Å². The number of rotatable bonds is 6. The molecule has 3 atom stereocenters. The molecular formula is C22H27NO2. The topological polar surface area (TPSA) is 40.5 Å². The molecule has 3 nitrogen and oxygen atoms in total. The molecule has 0 radical (unpaired) electrons. The Morgan fingerprint density at radius 3 is 2.48 bits per heavy atom. The first-order chi connectivity index (χ1) is 13.7. The molecule has 3 heteroatoms. The summed E-state index contributed by atoms with van der Waals surface area (Å²) in [6.45, 7) is -2.40. The zero-order valence-corrected chi connectivity index (χ0v) is 14.3. The molecule has 1 N–H and O–H groups in total. The minimum atomic E-state index is -2.40. The van der Waals surface area contributed by atoms with E-state index in [1.807, 2.05) is 6.07 Å². The van der Waals surface area contributed by atoms with Crippen molar-refractivity contribution in [2.45, 2.75) is 50.3 Å². The first-order valence-corrected chi connectivity index (χ1v) is 8.83. The normalized spacial score (nSPS) is 26.6. The largest absolute Gasteiger partial charge is 0.388 e. The fourth-order valence-electron chi connectivity index (χ4n) is 3.49. The lowest BCUT2D eigenvalue weighted by molar-refractivity contribution is 0.0549. The molecule has 1 unspecified atom stereocenters. The monoisotopic (exact) mass is 341 g/mol. The molecule has 3 rings (SSSR count). The second kappa shape index (κ2) is 8.41. The second-order valence-corrected chi connectivity index (χ2v) is 6.66. The summed E-state index contributed by atoms with van der Waals surface area (Å²) in [5.74, 6) is -0.0882. The smallest absolute Gasteiger partial charge is 0.164 e. The molecule has 1 saturated heterocycles. The lowest BCUT2D eigenvalue weighted by Crippen LogP contribution is -2.45. The quantitative estimate of drug-likeness (QED) is 0.799. The van der Waals surface area contributed by atoms with Gasteiger partial charge in [-0.3, -0.25) is 9.69 Å². The van der Waals surface area contributed by atoms with Gasteiger partial charge in [-0.25, -0.2) is 0 Å². The summed E-state index contributed by atoms with van der Waals surface area (Å²) in [6, 6.07) is 16.6. The van der Waals surface area contributed by atoms with Crippen LogP contribution in [0.25, 0.3) is 0 Å². The SMILES string of the molecule is [2H]C(O)(C[C@@H]1CCC[C@H](CC(=O)c2ccccc2)N1C([2H])([2H])[2H])c1ccccc1. The molecule has 1 aliphatic rings. The minimum Gasteiger partial charge on any atom is -0.388 e. The highest BCUT2D eigenvalue weighted by atomic mass is 16.3. The number of benzene rings is 2. The number of piperidine rings is 1. The van der Waals surface area contributed by atoms with Crippen molar-refractivity contribution >= 4 is 5.78 Å². The number of hydrogen-bond donors (Lipinski definition) is 1. The van der Waals surface area contributed by atoms with Gasteiger partial charge in [0.25, 0.3) is 0 Å². The molecule has 2 aromatic rings. The second-order valence-electron chi connectivity index (χ2n) is 6.66. The van der Waals surface area contributed by atoms with Gasteiger partial charge in [0.05, 0.1) is 7.45 Å². The molecule has 2 aromatic carbocycles. The Morgan fingerprint density at radius 1 is 1.16 bits per heavy atom. The molecule has 0 spiro atoms. The Morgan fingerprint density at radius 2 is 1.80 bits per heavy atom. The van der Waals surface area contributed by atoms with E-state index in [0.29, 0.717) is 24.0 Å². The summed E-state index contributed by atoms with van der Waals surface area (Å²) in [6.07, 6.45) is 0.138. The molecule has 1 heterocycles. The van der Waals surface area contributed by atoms with Crippen molar-refractivity contribution in [2.75, 3.05) is 6.98 Å². The Balaban J connectivity index is 1.81. The van der Waals surface area contributed by atoms with Crippen LogP contribution in [0.15, 0.2) is 60.7 Å². The van der Waals surface area contributed by atoms with Crippen molar-refractivity contribution in [3.63, 3.8) is 0 Å².